The van der Waals surface area contributed by atoms with E-state index in [4.69, 9.17) is 5.73 Å². The predicted molar refractivity (Wildman–Crippen MR) is 65.3 cm³/mol. The minimum Gasteiger partial charge on any atom is -0.378 e. The van der Waals surface area contributed by atoms with Gasteiger partial charge in [-0.3, -0.25) is 0 Å². The van der Waals surface area contributed by atoms with E-state index in [1.54, 1.807) is 0 Å². The van der Waals surface area contributed by atoms with Crippen molar-refractivity contribution in [1.82, 2.24) is 0 Å². The third kappa shape index (κ3) is 2.15. The lowest BCUT2D eigenvalue weighted by Crippen LogP contribution is -2.17. The Labute approximate surface area is 92.1 Å². The first-order chi connectivity index (χ1) is 7.09. The first-order valence-corrected chi connectivity index (χ1v) is 5.62. The quantitative estimate of drug-likeness (QED) is 0.818. The maximum Gasteiger partial charge on any atom is 0.0361 e. The largest absolute Gasteiger partial charge is 0.378 e. The Bertz CT molecular complexity index is 327. The van der Waals surface area contributed by atoms with E-state index in [0.29, 0.717) is 17.9 Å². The predicted octanol–water partition coefficient (Wildman–Crippen LogP) is 2.20. The second-order valence-corrected chi connectivity index (χ2v) is 4.85. The highest BCUT2D eigenvalue weighted by Gasteiger charge is 2.40. The molecule has 0 aliphatic heterocycles. The van der Waals surface area contributed by atoms with E-state index in [1.807, 2.05) is 0 Å². The van der Waals surface area contributed by atoms with E-state index in [1.165, 1.54) is 17.7 Å². The lowest BCUT2D eigenvalue weighted by Gasteiger charge is -2.12. The van der Waals surface area contributed by atoms with Gasteiger partial charge in [-0.25, -0.2) is 0 Å². The van der Waals surface area contributed by atoms with E-state index in [-0.39, 0.29) is 0 Å². The van der Waals surface area contributed by atoms with Gasteiger partial charge in [0.25, 0.3) is 0 Å². The third-order valence-corrected chi connectivity index (χ3v) is 3.35. The van der Waals surface area contributed by atoms with Crippen LogP contribution in [0.4, 0.5) is 5.69 Å². The van der Waals surface area contributed by atoms with Crippen molar-refractivity contribution in [1.29, 1.82) is 0 Å². The molecule has 0 amide bonds. The number of anilines is 1. The SMILES string of the molecule is C[C@@H](N)[C@H]1C[C@@H]1c1ccc(N(C)C)cc1. The number of nitrogens with zero attached hydrogens (tertiary/aromatic N) is 1. The van der Waals surface area contributed by atoms with Crippen LogP contribution in [-0.4, -0.2) is 20.1 Å². The standard InChI is InChI=1S/C13H20N2/c1-9(14)12-8-13(12)10-4-6-11(7-5-10)15(2)3/h4-7,9,12-13H,8,14H2,1-3H3/t9-,12-,13-/m1/s1. The van der Waals surface area contributed by atoms with Crippen molar-refractivity contribution < 1.29 is 0 Å². The average Bonchev–Trinajstić information content (AvgIpc) is 2.97. The summed E-state index contributed by atoms with van der Waals surface area (Å²) in [5.74, 6) is 1.41. The zero-order valence-electron chi connectivity index (χ0n) is 9.77. The van der Waals surface area contributed by atoms with Crippen LogP contribution in [-0.2, 0) is 0 Å². The molecular formula is C13H20N2. The van der Waals surface area contributed by atoms with Gasteiger partial charge in [0.1, 0.15) is 0 Å². The molecule has 2 nitrogen and oxygen atoms in total. The van der Waals surface area contributed by atoms with Crippen LogP contribution in [0.5, 0.6) is 0 Å². The molecule has 1 aliphatic rings. The number of rotatable bonds is 3. The highest BCUT2D eigenvalue weighted by molar-refractivity contribution is 5.47. The smallest absolute Gasteiger partial charge is 0.0361 e. The molecule has 0 saturated heterocycles. The van der Waals surface area contributed by atoms with Crippen LogP contribution in [0.15, 0.2) is 24.3 Å². The van der Waals surface area contributed by atoms with Gasteiger partial charge in [0.15, 0.2) is 0 Å². The molecule has 1 aromatic rings. The molecule has 3 atom stereocenters. The van der Waals surface area contributed by atoms with Gasteiger partial charge >= 0.3 is 0 Å². The number of benzene rings is 1. The summed E-state index contributed by atoms with van der Waals surface area (Å²) >= 11 is 0. The van der Waals surface area contributed by atoms with Crippen molar-refractivity contribution in [3.63, 3.8) is 0 Å². The monoisotopic (exact) mass is 204 g/mol. The first-order valence-electron chi connectivity index (χ1n) is 5.62. The van der Waals surface area contributed by atoms with Crippen LogP contribution in [0.1, 0.15) is 24.8 Å². The molecule has 82 valence electrons. The van der Waals surface area contributed by atoms with E-state index in [9.17, 15) is 0 Å². The van der Waals surface area contributed by atoms with E-state index in [0.717, 1.165) is 0 Å². The first kappa shape index (κ1) is 10.5. The highest BCUT2D eigenvalue weighted by atomic mass is 15.1. The van der Waals surface area contributed by atoms with Crippen molar-refractivity contribution in [3.05, 3.63) is 29.8 Å². The van der Waals surface area contributed by atoms with Crippen molar-refractivity contribution in [2.75, 3.05) is 19.0 Å². The highest BCUT2D eigenvalue weighted by Crippen LogP contribution is 2.49. The van der Waals surface area contributed by atoms with Crippen LogP contribution < -0.4 is 10.6 Å². The average molecular weight is 204 g/mol. The van der Waals surface area contributed by atoms with E-state index < -0.39 is 0 Å². The van der Waals surface area contributed by atoms with Gasteiger partial charge in [-0.1, -0.05) is 12.1 Å². The molecule has 1 aromatic carbocycles. The molecule has 15 heavy (non-hydrogen) atoms. The van der Waals surface area contributed by atoms with E-state index >= 15 is 0 Å². The summed E-state index contributed by atoms with van der Waals surface area (Å²) in [4.78, 5) is 2.12. The molecule has 0 bridgehead atoms. The van der Waals surface area contributed by atoms with Gasteiger partial charge in [-0.2, -0.15) is 0 Å². The minimum absolute atomic E-state index is 0.337. The molecule has 0 radical (unpaired) electrons. The van der Waals surface area contributed by atoms with Crippen molar-refractivity contribution in [3.8, 4) is 0 Å². The van der Waals surface area contributed by atoms with Gasteiger partial charge in [0.2, 0.25) is 0 Å². The second kappa shape index (κ2) is 3.86. The fourth-order valence-corrected chi connectivity index (χ4v) is 2.20. The Balaban J connectivity index is 2.06. The second-order valence-electron chi connectivity index (χ2n) is 4.85. The lowest BCUT2D eigenvalue weighted by atomic mass is 10.1. The molecule has 1 fully saturated rings. The maximum atomic E-state index is 5.90. The van der Waals surface area contributed by atoms with Crippen molar-refractivity contribution in [2.45, 2.75) is 25.3 Å². The fourth-order valence-electron chi connectivity index (χ4n) is 2.20. The molecule has 0 spiro atoms. The Kier molecular flexibility index (Phi) is 2.70. The summed E-state index contributed by atoms with van der Waals surface area (Å²) < 4.78 is 0. The Hall–Kier alpha value is -1.02. The number of nitrogens with two attached hydrogens (primary N) is 1. The summed E-state index contributed by atoms with van der Waals surface area (Å²) in [6.45, 7) is 2.11. The van der Waals surface area contributed by atoms with Gasteiger partial charge in [-0.15, -0.1) is 0 Å². The zero-order valence-corrected chi connectivity index (χ0v) is 9.77. The fraction of sp³-hybridized carbons (Fsp3) is 0.538. The third-order valence-electron chi connectivity index (χ3n) is 3.35. The van der Waals surface area contributed by atoms with Gasteiger partial charge in [0.05, 0.1) is 0 Å². The molecule has 0 unspecified atom stereocenters. The van der Waals surface area contributed by atoms with Crippen molar-refractivity contribution in [2.24, 2.45) is 11.7 Å². The topological polar surface area (TPSA) is 29.3 Å². The normalized spacial score (nSPS) is 26.1. The van der Waals surface area contributed by atoms with E-state index in [2.05, 4.69) is 50.2 Å². The van der Waals surface area contributed by atoms with Crippen LogP contribution in [0.25, 0.3) is 0 Å². The summed E-state index contributed by atoms with van der Waals surface area (Å²) in [6, 6.07) is 9.19. The lowest BCUT2D eigenvalue weighted by molar-refractivity contribution is 0.631. The molecule has 0 aromatic heterocycles. The van der Waals surface area contributed by atoms with Crippen LogP contribution in [0.3, 0.4) is 0 Å². The van der Waals surface area contributed by atoms with Gasteiger partial charge in [0, 0.05) is 25.8 Å². The van der Waals surface area contributed by atoms with Gasteiger partial charge < -0.3 is 10.6 Å². The molecule has 1 aliphatic carbocycles. The summed E-state index contributed by atoms with van der Waals surface area (Å²) in [6.07, 6.45) is 1.26. The molecule has 2 rings (SSSR count). The number of hydrogen-bond acceptors (Lipinski definition) is 2. The Morgan fingerprint density at radius 3 is 2.27 bits per heavy atom. The Morgan fingerprint density at radius 2 is 1.87 bits per heavy atom. The summed E-state index contributed by atoms with van der Waals surface area (Å²) in [5.41, 5.74) is 8.60. The summed E-state index contributed by atoms with van der Waals surface area (Å²) in [7, 11) is 4.13. The molecule has 1 saturated carbocycles. The van der Waals surface area contributed by atoms with Crippen LogP contribution in [0.2, 0.25) is 0 Å². The molecule has 2 N–H and O–H groups in total. The number of hydrogen-bond donors (Lipinski definition) is 1. The molecular weight excluding hydrogens is 184 g/mol. The van der Waals surface area contributed by atoms with Crippen molar-refractivity contribution >= 4 is 5.69 Å². The van der Waals surface area contributed by atoms with Crippen LogP contribution >= 0.6 is 0 Å². The summed E-state index contributed by atoms with van der Waals surface area (Å²) in [5, 5.41) is 0. The Morgan fingerprint density at radius 1 is 1.27 bits per heavy atom. The van der Waals surface area contributed by atoms with Gasteiger partial charge in [-0.05, 0) is 42.9 Å². The maximum absolute atomic E-state index is 5.90. The minimum atomic E-state index is 0.337. The van der Waals surface area contributed by atoms with Crippen LogP contribution in [0, 0.1) is 5.92 Å². The molecule has 0 heterocycles. The zero-order chi connectivity index (χ0) is 11.0. The molecule has 2 heteroatoms.